The molecule has 0 unspecified atom stereocenters. The number of morpholine rings is 1. The van der Waals surface area contributed by atoms with Gasteiger partial charge in [-0.2, -0.15) is 0 Å². The Morgan fingerprint density at radius 2 is 1.96 bits per heavy atom. The van der Waals surface area contributed by atoms with Crippen LogP contribution in [0.3, 0.4) is 0 Å². The number of rotatable bonds is 6. The van der Waals surface area contributed by atoms with E-state index in [0.29, 0.717) is 18.8 Å². The van der Waals surface area contributed by atoms with Crippen molar-refractivity contribution in [3.05, 3.63) is 29.8 Å². The number of hydrogen-bond donors (Lipinski definition) is 1. The van der Waals surface area contributed by atoms with E-state index in [9.17, 15) is 4.79 Å². The maximum absolute atomic E-state index is 12.5. The van der Waals surface area contributed by atoms with Gasteiger partial charge in [0.15, 0.2) is 0 Å². The Morgan fingerprint density at radius 1 is 1.20 bits per heavy atom. The number of benzene rings is 1. The molecule has 25 heavy (non-hydrogen) atoms. The minimum absolute atomic E-state index is 0.0779. The van der Waals surface area contributed by atoms with Gasteiger partial charge in [0.2, 0.25) is 5.91 Å². The molecular formula is C20H30N2O3. The molecule has 1 saturated heterocycles. The zero-order valence-corrected chi connectivity index (χ0v) is 15.4. The minimum Gasteiger partial charge on any atom is -0.493 e. The Bertz CT molecular complexity index is 568. The van der Waals surface area contributed by atoms with E-state index < -0.39 is 0 Å². The third-order valence-electron chi connectivity index (χ3n) is 4.97. The first kappa shape index (κ1) is 18.2. The number of fused-ring (bicyclic) bond motifs is 1. The number of nitrogens with zero attached hydrogens (tertiary/aromatic N) is 1. The van der Waals surface area contributed by atoms with Gasteiger partial charge in [0.05, 0.1) is 24.7 Å². The number of nitrogens with one attached hydrogen (secondary N) is 1. The van der Waals surface area contributed by atoms with Gasteiger partial charge in [-0.3, -0.25) is 9.69 Å². The summed E-state index contributed by atoms with van der Waals surface area (Å²) in [5.41, 5.74) is 1.02. The second-order valence-corrected chi connectivity index (χ2v) is 7.24. The lowest BCUT2D eigenvalue weighted by molar-refractivity contribution is -0.123. The fraction of sp³-hybridized carbons (Fsp3) is 0.650. The molecule has 5 nitrogen and oxygen atoms in total. The molecule has 0 bridgehead atoms. The highest BCUT2D eigenvalue weighted by atomic mass is 16.5. The lowest BCUT2D eigenvalue weighted by Crippen LogP contribution is -2.45. The van der Waals surface area contributed by atoms with Crippen LogP contribution in [0, 0.1) is 0 Å². The molecule has 2 aliphatic heterocycles. The van der Waals surface area contributed by atoms with Crippen LogP contribution >= 0.6 is 0 Å². The fourth-order valence-electron chi connectivity index (χ4n) is 3.88. The standard InChI is InChI=1S/C20H30N2O3/c1-15-13-22(14-16(2)25-15)11-6-5-10-21-20(23)18-9-12-24-19-8-4-3-7-17(18)19/h3-4,7-8,15-16,18H,5-6,9-14H2,1-2H3,(H,21,23)/t15-,16-,18-/m1/s1. The molecule has 1 fully saturated rings. The van der Waals surface area contributed by atoms with Crippen molar-refractivity contribution in [2.45, 2.75) is 51.2 Å². The first-order valence-electron chi connectivity index (χ1n) is 9.50. The molecule has 0 radical (unpaired) electrons. The second kappa shape index (κ2) is 8.68. The number of hydrogen-bond acceptors (Lipinski definition) is 4. The summed E-state index contributed by atoms with van der Waals surface area (Å²) in [5.74, 6) is 0.903. The molecule has 1 amide bonds. The zero-order valence-electron chi connectivity index (χ0n) is 15.4. The number of amides is 1. The van der Waals surface area contributed by atoms with Crippen molar-refractivity contribution < 1.29 is 14.3 Å². The quantitative estimate of drug-likeness (QED) is 0.805. The van der Waals surface area contributed by atoms with Crippen LogP contribution in [0.1, 0.15) is 44.6 Å². The van der Waals surface area contributed by atoms with E-state index in [1.54, 1.807) is 0 Å². The molecule has 3 rings (SSSR count). The minimum atomic E-state index is -0.0779. The van der Waals surface area contributed by atoms with Crippen LogP contribution in [-0.2, 0) is 9.53 Å². The van der Waals surface area contributed by atoms with Gasteiger partial charge in [-0.05, 0) is 45.7 Å². The monoisotopic (exact) mass is 346 g/mol. The van der Waals surface area contributed by atoms with Crippen molar-refractivity contribution in [2.24, 2.45) is 0 Å². The average Bonchev–Trinajstić information content (AvgIpc) is 2.60. The van der Waals surface area contributed by atoms with E-state index >= 15 is 0 Å². The molecule has 0 saturated carbocycles. The van der Waals surface area contributed by atoms with Gasteiger partial charge < -0.3 is 14.8 Å². The lowest BCUT2D eigenvalue weighted by Gasteiger charge is -2.35. The Kier molecular flexibility index (Phi) is 6.32. The second-order valence-electron chi connectivity index (χ2n) is 7.24. The highest BCUT2D eigenvalue weighted by Gasteiger charge is 2.27. The molecule has 138 valence electrons. The van der Waals surface area contributed by atoms with E-state index in [1.807, 2.05) is 24.3 Å². The van der Waals surface area contributed by atoms with Gasteiger partial charge in [-0.15, -0.1) is 0 Å². The predicted molar refractivity (Wildman–Crippen MR) is 98.0 cm³/mol. The van der Waals surface area contributed by atoms with Crippen LogP contribution in [0.2, 0.25) is 0 Å². The van der Waals surface area contributed by atoms with Gasteiger partial charge in [0.25, 0.3) is 0 Å². The maximum atomic E-state index is 12.5. The molecule has 5 heteroatoms. The summed E-state index contributed by atoms with van der Waals surface area (Å²) >= 11 is 0. The average molecular weight is 346 g/mol. The largest absolute Gasteiger partial charge is 0.493 e. The number of para-hydroxylation sites is 1. The van der Waals surface area contributed by atoms with Crippen LogP contribution in [0.15, 0.2) is 24.3 Å². The molecule has 0 aliphatic carbocycles. The van der Waals surface area contributed by atoms with Crippen molar-refractivity contribution in [3.8, 4) is 5.75 Å². The van der Waals surface area contributed by atoms with Crippen LogP contribution < -0.4 is 10.1 Å². The molecule has 1 aromatic carbocycles. The van der Waals surface area contributed by atoms with Gasteiger partial charge in [0.1, 0.15) is 5.75 Å². The van der Waals surface area contributed by atoms with E-state index in [0.717, 1.165) is 56.8 Å². The van der Waals surface area contributed by atoms with Crippen molar-refractivity contribution >= 4 is 5.91 Å². The number of carbonyl (C=O) groups is 1. The number of ether oxygens (including phenoxy) is 2. The molecule has 2 aliphatic rings. The molecule has 3 atom stereocenters. The van der Waals surface area contributed by atoms with E-state index in [4.69, 9.17) is 9.47 Å². The lowest BCUT2D eigenvalue weighted by atomic mass is 9.92. The van der Waals surface area contributed by atoms with Crippen LogP contribution in [0.25, 0.3) is 0 Å². The Balaban J connectivity index is 1.38. The van der Waals surface area contributed by atoms with Crippen molar-refractivity contribution in [2.75, 3.05) is 32.8 Å². The van der Waals surface area contributed by atoms with Crippen LogP contribution in [-0.4, -0.2) is 55.8 Å². The molecule has 1 aromatic rings. The molecule has 2 heterocycles. The molecular weight excluding hydrogens is 316 g/mol. The summed E-state index contributed by atoms with van der Waals surface area (Å²) in [4.78, 5) is 15.0. The first-order chi connectivity index (χ1) is 12.1. The third kappa shape index (κ3) is 4.95. The highest BCUT2D eigenvalue weighted by molar-refractivity contribution is 5.84. The van der Waals surface area contributed by atoms with Gasteiger partial charge in [0, 0.05) is 25.2 Å². The van der Waals surface area contributed by atoms with Crippen LogP contribution in [0.4, 0.5) is 0 Å². The molecule has 1 N–H and O–H groups in total. The Hall–Kier alpha value is -1.59. The fourth-order valence-corrected chi connectivity index (χ4v) is 3.88. The van der Waals surface area contributed by atoms with Gasteiger partial charge in [-0.1, -0.05) is 18.2 Å². The summed E-state index contributed by atoms with van der Waals surface area (Å²) in [6.45, 7) is 8.72. The normalized spacial score (nSPS) is 26.6. The van der Waals surface area contributed by atoms with Gasteiger partial charge >= 0.3 is 0 Å². The number of unbranched alkanes of at least 4 members (excludes halogenated alkanes) is 1. The zero-order chi connectivity index (χ0) is 17.6. The maximum Gasteiger partial charge on any atom is 0.227 e. The predicted octanol–water partition coefficient (Wildman–Crippen LogP) is 2.56. The smallest absolute Gasteiger partial charge is 0.227 e. The van der Waals surface area contributed by atoms with Gasteiger partial charge in [-0.25, -0.2) is 0 Å². The van der Waals surface area contributed by atoms with Crippen LogP contribution in [0.5, 0.6) is 5.75 Å². The third-order valence-corrected chi connectivity index (χ3v) is 4.97. The summed E-state index contributed by atoms with van der Waals surface area (Å²) in [6.07, 6.45) is 3.50. The van der Waals surface area contributed by atoms with E-state index in [1.165, 1.54) is 0 Å². The van der Waals surface area contributed by atoms with Crippen molar-refractivity contribution in [3.63, 3.8) is 0 Å². The Morgan fingerprint density at radius 3 is 2.76 bits per heavy atom. The molecule has 0 spiro atoms. The SMILES string of the molecule is C[C@@H]1CN(CCCCNC(=O)[C@@H]2CCOc3ccccc32)C[C@@H](C)O1. The number of carbonyl (C=O) groups excluding carboxylic acids is 1. The summed E-state index contributed by atoms with van der Waals surface area (Å²) in [5, 5.41) is 3.11. The Labute approximate surface area is 150 Å². The summed E-state index contributed by atoms with van der Waals surface area (Å²) < 4.78 is 11.4. The van der Waals surface area contributed by atoms with Crippen molar-refractivity contribution in [1.29, 1.82) is 0 Å². The molecule has 0 aromatic heterocycles. The highest BCUT2D eigenvalue weighted by Crippen LogP contribution is 2.33. The van der Waals surface area contributed by atoms with Crippen molar-refractivity contribution in [1.82, 2.24) is 10.2 Å². The first-order valence-corrected chi connectivity index (χ1v) is 9.50. The summed E-state index contributed by atoms with van der Waals surface area (Å²) in [7, 11) is 0. The van der Waals surface area contributed by atoms with E-state index in [2.05, 4.69) is 24.1 Å². The topological polar surface area (TPSA) is 50.8 Å². The summed E-state index contributed by atoms with van der Waals surface area (Å²) in [6, 6.07) is 7.86. The van der Waals surface area contributed by atoms with E-state index in [-0.39, 0.29) is 11.8 Å².